The number of hydrogen-bond acceptors (Lipinski definition) is 4. The summed E-state index contributed by atoms with van der Waals surface area (Å²) in [4.78, 5) is 11.3. The zero-order valence-corrected chi connectivity index (χ0v) is 10.1. The molecule has 1 saturated heterocycles. The van der Waals surface area contributed by atoms with E-state index in [2.05, 4.69) is 10.6 Å². The van der Waals surface area contributed by atoms with Crippen LogP contribution < -0.4 is 10.6 Å². The quantitative estimate of drug-likeness (QED) is 0.642. The SMILES string of the molecule is CC(C)NC(=O)CCNCC1CCOCO1. The molecule has 2 N–H and O–H groups in total. The van der Waals surface area contributed by atoms with Gasteiger partial charge in [-0.2, -0.15) is 0 Å². The minimum absolute atomic E-state index is 0.0930. The number of rotatable bonds is 6. The zero-order chi connectivity index (χ0) is 11.8. The molecule has 1 atom stereocenters. The van der Waals surface area contributed by atoms with Gasteiger partial charge in [0, 0.05) is 25.6 Å². The molecule has 0 radical (unpaired) electrons. The van der Waals surface area contributed by atoms with Gasteiger partial charge in [-0.05, 0) is 20.3 Å². The van der Waals surface area contributed by atoms with Crippen LogP contribution in [0.3, 0.4) is 0 Å². The largest absolute Gasteiger partial charge is 0.355 e. The Morgan fingerprint density at radius 1 is 1.50 bits per heavy atom. The van der Waals surface area contributed by atoms with Crippen molar-refractivity contribution in [1.29, 1.82) is 0 Å². The lowest BCUT2D eigenvalue weighted by molar-refractivity contribution is -0.137. The van der Waals surface area contributed by atoms with Gasteiger partial charge in [0.25, 0.3) is 0 Å². The Kier molecular flexibility index (Phi) is 6.37. The van der Waals surface area contributed by atoms with E-state index in [-0.39, 0.29) is 18.1 Å². The lowest BCUT2D eigenvalue weighted by Gasteiger charge is -2.22. The van der Waals surface area contributed by atoms with E-state index in [1.54, 1.807) is 0 Å². The third-order valence-corrected chi connectivity index (χ3v) is 2.32. The Morgan fingerprint density at radius 3 is 2.94 bits per heavy atom. The Balaban J connectivity index is 1.96. The Morgan fingerprint density at radius 2 is 2.31 bits per heavy atom. The van der Waals surface area contributed by atoms with Crippen LogP contribution in [0, 0.1) is 0 Å². The number of carbonyl (C=O) groups is 1. The second-order valence-electron chi connectivity index (χ2n) is 4.28. The van der Waals surface area contributed by atoms with Crippen LogP contribution in [0.2, 0.25) is 0 Å². The average molecular weight is 230 g/mol. The van der Waals surface area contributed by atoms with E-state index in [0.29, 0.717) is 19.8 Å². The van der Waals surface area contributed by atoms with Crippen molar-refractivity contribution in [1.82, 2.24) is 10.6 Å². The van der Waals surface area contributed by atoms with E-state index in [0.717, 1.165) is 19.6 Å². The summed E-state index contributed by atoms with van der Waals surface area (Å²) in [5.74, 6) is 0.0930. The van der Waals surface area contributed by atoms with Gasteiger partial charge in [0.1, 0.15) is 6.79 Å². The van der Waals surface area contributed by atoms with E-state index in [1.807, 2.05) is 13.8 Å². The molecule has 1 rings (SSSR count). The topological polar surface area (TPSA) is 59.6 Å². The summed E-state index contributed by atoms with van der Waals surface area (Å²) in [5.41, 5.74) is 0. The lowest BCUT2D eigenvalue weighted by atomic mass is 10.2. The molecule has 1 aliphatic heterocycles. The van der Waals surface area contributed by atoms with E-state index >= 15 is 0 Å². The van der Waals surface area contributed by atoms with Crippen LogP contribution in [0.15, 0.2) is 0 Å². The van der Waals surface area contributed by atoms with Gasteiger partial charge < -0.3 is 20.1 Å². The standard InChI is InChI=1S/C11H22N2O3/c1-9(2)13-11(14)3-5-12-7-10-4-6-15-8-16-10/h9-10,12H,3-8H2,1-2H3,(H,13,14). The molecule has 5 heteroatoms. The molecule has 1 amide bonds. The second-order valence-corrected chi connectivity index (χ2v) is 4.28. The lowest BCUT2D eigenvalue weighted by Crippen LogP contribution is -2.37. The highest BCUT2D eigenvalue weighted by atomic mass is 16.7. The van der Waals surface area contributed by atoms with Crippen LogP contribution in [0.4, 0.5) is 0 Å². The molecule has 0 bridgehead atoms. The van der Waals surface area contributed by atoms with E-state index in [9.17, 15) is 4.79 Å². The smallest absolute Gasteiger partial charge is 0.221 e. The number of nitrogens with one attached hydrogen (secondary N) is 2. The highest BCUT2D eigenvalue weighted by molar-refractivity contribution is 5.76. The minimum Gasteiger partial charge on any atom is -0.355 e. The second kappa shape index (κ2) is 7.60. The molecular formula is C11H22N2O3. The maximum atomic E-state index is 11.3. The van der Waals surface area contributed by atoms with Gasteiger partial charge in [-0.1, -0.05) is 0 Å². The third kappa shape index (κ3) is 6.05. The highest BCUT2D eigenvalue weighted by Crippen LogP contribution is 2.04. The maximum absolute atomic E-state index is 11.3. The highest BCUT2D eigenvalue weighted by Gasteiger charge is 2.13. The molecule has 0 aromatic rings. The normalized spacial score (nSPS) is 21.1. The summed E-state index contributed by atoms with van der Waals surface area (Å²) in [6.45, 7) is 6.56. The van der Waals surface area contributed by atoms with E-state index in [1.165, 1.54) is 0 Å². The van der Waals surface area contributed by atoms with Crippen molar-refractivity contribution in [2.45, 2.75) is 38.8 Å². The van der Waals surface area contributed by atoms with Gasteiger partial charge >= 0.3 is 0 Å². The molecule has 0 aromatic carbocycles. The van der Waals surface area contributed by atoms with Crippen LogP contribution in [-0.4, -0.2) is 44.5 Å². The van der Waals surface area contributed by atoms with Crippen molar-refractivity contribution in [3.05, 3.63) is 0 Å². The predicted molar refractivity (Wildman–Crippen MR) is 61.1 cm³/mol. The van der Waals surface area contributed by atoms with Crippen molar-refractivity contribution in [2.24, 2.45) is 0 Å². The van der Waals surface area contributed by atoms with E-state index in [4.69, 9.17) is 9.47 Å². The molecule has 5 nitrogen and oxygen atoms in total. The first kappa shape index (κ1) is 13.4. The third-order valence-electron chi connectivity index (χ3n) is 2.32. The Hall–Kier alpha value is -0.650. The molecule has 0 spiro atoms. The van der Waals surface area contributed by atoms with Crippen LogP contribution in [0.25, 0.3) is 0 Å². The van der Waals surface area contributed by atoms with Crippen LogP contribution in [-0.2, 0) is 14.3 Å². The molecule has 94 valence electrons. The minimum atomic E-state index is 0.0930. The fourth-order valence-electron chi connectivity index (χ4n) is 1.52. The van der Waals surface area contributed by atoms with Gasteiger partial charge in [-0.25, -0.2) is 0 Å². The summed E-state index contributed by atoms with van der Waals surface area (Å²) in [5, 5.41) is 6.07. The predicted octanol–water partition coefficient (Wildman–Crippen LogP) is 0.254. The van der Waals surface area contributed by atoms with Crippen molar-refractivity contribution in [3.63, 3.8) is 0 Å². The molecule has 0 aromatic heterocycles. The van der Waals surface area contributed by atoms with Crippen molar-refractivity contribution >= 4 is 5.91 Å². The maximum Gasteiger partial charge on any atom is 0.221 e. The molecule has 0 saturated carbocycles. The van der Waals surface area contributed by atoms with Crippen LogP contribution >= 0.6 is 0 Å². The molecule has 1 heterocycles. The zero-order valence-electron chi connectivity index (χ0n) is 10.1. The summed E-state index contributed by atoms with van der Waals surface area (Å²) < 4.78 is 10.4. The van der Waals surface area contributed by atoms with Gasteiger partial charge in [0.05, 0.1) is 12.7 Å². The number of hydrogen-bond donors (Lipinski definition) is 2. The molecule has 1 aliphatic rings. The fraction of sp³-hybridized carbons (Fsp3) is 0.909. The summed E-state index contributed by atoms with van der Waals surface area (Å²) in [6.07, 6.45) is 1.66. The molecular weight excluding hydrogens is 208 g/mol. The Bertz CT molecular complexity index is 203. The monoisotopic (exact) mass is 230 g/mol. The molecule has 1 unspecified atom stereocenters. The van der Waals surface area contributed by atoms with E-state index < -0.39 is 0 Å². The fourth-order valence-corrected chi connectivity index (χ4v) is 1.52. The van der Waals surface area contributed by atoms with Gasteiger partial charge in [-0.3, -0.25) is 4.79 Å². The number of amides is 1. The summed E-state index contributed by atoms with van der Waals surface area (Å²) in [6, 6.07) is 0.214. The van der Waals surface area contributed by atoms with Crippen LogP contribution in [0.5, 0.6) is 0 Å². The van der Waals surface area contributed by atoms with Gasteiger partial charge in [0.2, 0.25) is 5.91 Å². The van der Waals surface area contributed by atoms with Gasteiger partial charge in [0.15, 0.2) is 0 Å². The number of carbonyl (C=O) groups excluding carboxylic acids is 1. The summed E-state index contributed by atoms with van der Waals surface area (Å²) >= 11 is 0. The van der Waals surface area contributed by atoms with Crippen molar-refractivity contribution in [2.75, 3.05) is 26.5 Å². The molecule has 1 fully saturated rings. The first-order valence-corrected chi connectivity index (χ1v) is 5.88. The average Bonchev–Trinajstić information content (AvgIpc) is 2.25. The van der Waals surface area contributed by atoms with Crippen molar-refractivity contribution in [3.8, 4) is 0 Å². The molecule has 16 heavy (non-hydrogen) atoms. The van der Waals surface area contributed by atoms with Crippen molar-refractivity contribution < 1.29 is 14.3 Å². The molecule has 0 aliphatic carbocycles. The van der Waals surface area contributed by atoms with Crippen LogP contribution in [0.1, 0.15) is 26.7 Å². The summed E-state index contributed by atoms with van der Waals surface area (Å²) in [7, 11) is 0. The van der Waals surface area contributed by atoms with Gasteiger partial charge in [-0.15, -0.1) is 0 Å². The number of ether oxygens (including phenoxy) is 2. The first-order chi connectivity index (χ1) is 7.68. The first-order valence-electron chi connectivity index (χ1n) is 5.88. The Labute approximate surface area is 96.9 Å².